The number of carboxylic acid groups (broad SMARTS) is 2. The second kappa shape index (κ2) is 6.76. The summed E-state index contributed by atoms with van der Waals surface area (Å²) in [4.78, 5) is 33.2. The minimum Gasteiger partial charge on any atom is -0.508 e. The summed E-state index contributed by atoms with van der Waals surface area (Å²) in [6, 6.07) is 2.31. The molecule has 1 rings (SSSR count). The molecule has 0 aliphatic rings. The second-order valence-electron chi connectivity index (χ2n) is 3.96. The fourth-order valence-corrected chi connectivity index (χ4v) is 1.65. The molecule has 0 heterocycles. The molecule has 1 aromatic carbocycles. The second-order valence-corrected chi connectivity index (χ2v) is 4.37. The van der Waals surface area contributed by atoms with Crippen LogP contribution in [0.5, 0.6) is 5.75 Å². The Morgan fingerprint density at radius 1 is 1.25 bits per heavy atom. The Morgan fingerprint density at radius 2 is 1.90 bits per heavy atom. The van der Waals surface area contributed by atoms with E-state index in [0.717, 1.165) is 6.07 Å². The molecular weight excluding hydrogens is 290 g/mol. The number of hydrogen-bond acceptors (Lipinski definition) is 4. The van der Waals surface area contributed by atoms with Gasteiger partial charge in [-0.05, 0) is 24.6 Å². The molecule has 0 saturated carbocycles. The molecule has 1 unspecified atom stereocenters. The van der Waals surface area contributed by atoms with Crippen LogP contribution in [0.2, 0.25) is 5.02 Å². The molecule has 7 nitrogen and oxygen atoms in total. The molecule has 0 aromatic heterocycles. The van der Waals surface area contributed by atoms with Crippen molar-refractivity contribution in [2.45, 2.75) is 18.9 Å². The van der Waals surface area contributed by atoms with Gasteiger partial charge in [-0.25, -0.2) is 4.79 Å². The van der Waals surface area contributed by atoms with Crippen LogP contribution >= 0.6 is 11.6 Å². The third-order valence-corrected chi connectivity index (χ3v) is 2.77. The maximum atomic E-state index is 11.9. The summed E-state index contributed by atoms with van der Waals surface area (Å²) in [5.74, 6) is -3.52. The molecule has 0 saturated heterocycles. The number of amides is 1. The first kappa shape index (κ1) is 15.8. The number of halogens is 1. The lowest BCUT2D eigenvalue weighted by molar-refractivity contribution is -0.140. The summed E-state index contributed by atoms with van der Waals surface area (Å²) >= 11 is 5.77. The van der Waals surface area contributed by atoms with Crippen molar-refractivity contribution in [3.63, 3.8) is 0 Å². The average Bonchev–Trinajstić information content (AvgIpc) is 2.36. The summed E-state index contributed by atoms with van der Waals surface area (Å²) in [6.07, 6.45) is -0.655. The summed E-state index contributed by atoms with van der Waals surface area (Å²) in [5, 5.41) is 28.9. The van der Waals surface area contributed by atoms with Gasteiger partial charge in [0.05, 0.1) is 10.6 Å². The average molecular weight is 302 g/mol. The molecule has 0 aliphatic carbocycles. The molecule has 1 atom stereocenters. The van der Waals surface area contributed by atoms with Crippen LogP contribution in [-0.2, 0) is 9.59 Å². The highest BCUT2D eigenvalue weighted by molar-refractivity contribution is 6.33. The lowest BCUT2D eigenvalue weighted by Crippen LogP contribution is -2.41. The van der Waals surface area contributed by atoms with Crippen molar-refractivity contribution in [3.05, 3.63) is 28.8 Å². The summed E-state index contributed by atoms with van der Waals surface area (Å²) in [6.45, 7) is 0. The van der Waals surface area contributed by atoms with E-state index >= 15 is 0 Å². The molecule has 0 bridgehead atoms. The monoisotopic (exact) mass is 301 g/mol. The van der Waals surface area contributed by atoms with Crippen molar-refractivity contribution in [3.8, 4) is 5.75 Å². The van der Waals surface area contributed by atoms with Gasteiger partial charge in [0.2, 0.25) is 0 Å². The summed E-state index contributed by atoms with van der Waals surface area (Å²) < 4.78 is 0. The molecule has 0 fully saturated rings. The van der Waals surface area contributed by atoms with Crippen molar-refractivity contribution in [1.29, 1.82) is 0 Å². The zero-order valence-corrected chi connectivity index (χ0v) is 10.9. The third-order valence-electron chi connectivity index (χ3n) is 2.44. The number of benzene rings is 1. The van der Waals surface area contributed by atoms with E-state index in [0.29, 0.717) is 0 Å². The van der Waals surface area contributed by atoms with Crippen molar-refractivity contribution in [2.24, 2.45) is 0 Å². The predicted molar refractivity (Wildman–Crippen MR) is 68.9 cm³/mol. The van der Waals surface area contributed by atoms with E-state index < -0.39 is 30.3 Å². The van der Waals surface area contributed by atoms with E-state index in [1.54, 1.807) is 0 Å². The number of carbonyl (C=O) groups excluding carboxylic acids is 1. The maximum absolute atomic E-state index is 11.9. The molecule has 108 valence electrons. The number of nitrogens with one attached hydrogen (secondary N) is 1. The van der Waals surface area contributed by atoms with Crippen LogP contribution in [0.1, 0.15) is 23.2 Å². The van der Waals surface area contributed by atoms with Gasteiger partial charge < -0.3 is 20.6 Å². The highest BCUT2D eigenvalue weighted by Crippen LogP contribution is 2.21. The predicted octanol–water partition coefficient (Wildman–Crippen LogP) is 1.09. The number of carboxylic acids is 2. The van der Waals surface area contributed by atoms with Crippen molar-refractivity contribution >= 4 is 29.4 Å². The van der Waals surface area contributed by atoms with Crippen LogP contribution in [0.4, 0.5) is 0 Å². The SMILES string of the molecule is O=C(O)CCC(NC(=O)c1cc(O)ccc1Cl)C(=O)O. The van der Waals surface area contributed by atoms with Crippen molar-refractivity contribution in [1.82, 2.24) is 5.32 Å². The van der Waals surface area contributed by atoms with E-state index in [9.17, 15) is 19.5 Å². The molecule has 0 radical (unpaired) electrons. The van der Waals surface area contributed by atoms with E-state index in [2.05, 4.69) is 5.32 Å². The van der Waals surface area contributed by atoms with Crippen LogP contribution in [0.15, 0.2) is 18.2 Å². The Labute approximate surface area is 118 Å². The minimum absolute atomic E-state index is 0.0441. The van der Waals surface area contributed by atoms with Gasteiger partial charge in [-0.2, -0.15) is 0 Å². The molecule has 0 spiro atoms. The van der Waals surface area contributed by atoms with Gasteiger partial charge >= 0.3 is 11.9 Å². The number of rotatable bonds is 6. The lowest BCUT2D eigenvalue weighted by Gasteiger charge is -2.14. The Kier molecular flexibility index (Phi) is 5.33. The standard InChI is InChI=1S/C12H12ClNO6/c13-8-2-1-6(15)5-7(8)11(18)14-9(12(19)20)3-4-10(16)17/h1-2,5,9,15H,3-4H2,(H,14,18)(H,16,17)(H,19,20). The number of phenols is 1. The van der Waals surface area contributed by atoms with E-state index in [4.69, 9.17) is 21.8 Å². The maximum Gasteiger partial charge on any atom is 0.326 e. The lowest BCUT2D eigenvalue weighted by atomic mass is 10.1. The topological polar surface area (TPSA) is 124 Å². The fourth-order valence-electron chi connectivity index (χ4n) is 1.45. The smallest absolute Gasteiger partial charge is 0.326 e. The molecule has 20 heavy (non-hydrogen) atoms. The Hall–Kier alpha value is -2.28. The number of phenolic OH excluding ortho intramolecular Hbond substituents is 1. The molecule has 4 N–H and O–H groups in total. The van der Waals surface area contributed by atoms with Gasteiger partial charge in [0, 0.05) is 6.42 Å². The van der Waals surface area contributed by atoms with Crippen LogP contribution in [0.25, 0.3) is 0 Å². The molecule has 1 aromatic rings. The van der Waals surface area contributed by atoms with Crippen LogP contribution < -0.4 is 5.32 Å². The molecule has 8 heteroatoms. The van der Waals surface area contributed by atoms with Gasteiger partial charge in [0.1, 0.15) is 11.8 Å². The first-order valence-electron chi connectivity index (χ1n) is 5.55. The first-order chi connectivity index (χ1) is 9.31. The highest BCUT2D eigenvalue weighted by Gasteiger charge is 2.22. The van der Waals surface area contributed by atoms with Crippen LogP contribution in [-0.4, -0.2) is 39.2 Å². The van der Waals surface area contributed by atoms with E-state index in [-0.39, 0.29) is 22.8 Å². The zero-order chi connectivity index (χ0) is 15.3. The Balaban J connectivity index is 2.82. The van der Waals surface area contributed by atoms with Gasteiger partial charge in [-0.1, -0.05) is 11.6 Å². The fraction of sp³-hybridized carbons (Fsp3) is 0.250. The summed E-state index contributed by atoms with van der Waals surface area (Å²) in [5.41, 5.74) is -0.0896. The Morgan fingerprint density at radius 3 is 2.45 bits per heavy atom. The van der Waals surface area contributed by atoms with Crippen LogP contribution in [0.3, 0.4) is 0 Å². The largest absolute Gasteiger partial charge is 0.508 e. The normalized spacial score (nSPS) is 11.7. The Bertz CT molecular complexity index is 545. The van der Waals surface area contributed by atoms with Crippen molar-refractivity contribution in [2.75, 3.05) is 0 Å². The highest BCUT2D eigenvalue weighted by atomic mass is 35.5. The van der Waals surface area contributed by atoms with Crippen LogP contribution in [0, 0.1) is 0 Å². The molecule has 1 amide bonds. The van der Waals surface area contributed by atoms with Crippen molar-refractivity contribution < 1.29 is 29.7 Å². The summed E-state index contributed by atoms with van der Waals surface area (Å²) in [7, 11) is 0. The quantitative estimate of drug-likeness (QED) is 0.623. The number of carbonyl (C=O) groups is 3. The van der Waals surface area contributed by atoms with Gasteiger partial charge in [-0.15, -0.1) is 0 Å². The van der Waals surface area contributed by atoms with Gasteiger partial charge in [0.25, 0.3) is 5.91 Å². The molecular formula is C12H12ClNO6. The zero-order valence-electron chi connectivity index (χ0n) is 10.2. The minimum atomic E-state index is -1.35. The molecule has 0 aliphatic heterocycles. The van der Waals surface area contributed by atoms with E-state index in [1.165, 1.54) is 12.1 Å². The van der Waals surface area contributed by atoms with Gasteiger partial charge in [0.15, 0.2) is 0 Å². The number of aliphatic carboxylic acids is 2. The third kappa shape index (κ3) is 4.43. The number of hydrogen-bond donors (Lipinski definition) is 4. The van der Waals surface area contributed by atoms with Gasteiger partial charge in [-0.3, -0.25) is 9.59 Å². The number of aromatic hydroxyl groups is 1. The van der Waals surface area contributed by atoms with E-state index in [1.807, 2.05) is 0 Å². The first-order valence-corrected chi connectivity index (χ1v) is 5.93.